The molecule has 1 aliphatic heterocycles. The van der Waals surface area contributed by atoms with Gasteiger partial charge >= 0.3 is 0 Å². The molecule has 0 aliphatic carbocycles. The van der Waals surface area contributed by atoms with Gasteiger partial charge in [0.1, 0.15) is 5.75 Å². The van der Waals surface area contributed by atoms with Crippen LogP contribution in [0, 0.1) is 0 Å². The Labute approximate surface area is 163 Å². The molecule has 1 aromatic carbocycles. The summed E-state index contributed by atoms with van der Waals surface area (Å²) in [5.41, 5.74) is 2.43. The highest BCUT2D eigenvalue weighted by atomic mass is 16.5. The van der Waals surface area contributed by atoms with Crippen LogP contribution in [0.2, 0.25) is 0 Å². The average Bonchev–Trinajstić information content (AvgIpc) is 2.79. The van der Waals surface area contributed by atoms with E-state index in [-0.39, 0.29) is 5.91 Å². The SMILES string of the molecule is COc1ccc(-c2ccc(N3CCN(C(=O)c4cccnc4)CC3)nn2)cc1. The highest BCUT2D eigenvalue weighted by Gasteiger charge is 2.23. The van der Waals surface area contributed by atoms with Crippen molar-refractivity contribution in [3.8, 4) is 17.0 Å². The largest absolute Gasteiger partial charge is 0.497 e. The van der Waals surface area contributed by atoms with Crippen LogP contribution in [0.15, 0.2) is 60.9 Å². The Morgan fingerprint density at radius 3 is 2.36 bits per heavy atom. The summed E-state index contributed by atoms with van der Waals surface area (Å²) in [5.74, 6) is 1.66. The number of carbonyl (C=O) groups excluding carboxylic acids is 1. The van der Waals surface area contributed by atoms with Crippen molar-refractivity contribution in [2.75, 3.05) is 38.2 Å². The normalized spacial score (nSPS) is 14.0. The Morgan fingerprint density at radius 2 is 1.75 bits per heavy atom. The molecular formula is C21H21N5O2. The van der Waals surface area contributed by atoms with Gasteiger partial charge in [-0.05, 0) is 48.5 Å². The predicted octanol–water partition coefficient (Wildman–Crippen LogP) is 2.51. The summed E-state index contributed by atoms with van der Waals surface area (Å²) in [7, 11) is 1.65. The number of benzene rings is 1. The van der Waals surface area contributed by atoms with E-state index in [1.165, 1.54) is 0 Å². The zero-order valence-electron chi connectivity index (χ0n) is 15.7. The Kier molecular flexibility index (Phi) is 5.14. The third-order valence-corrected chi connectivity index (χ3v) is 4.84. The molecule has 7 nitrogen and oxygen atoms in total. The third-order valence-electron chi connectivity index (χ3n) is 4.84. The molecule has 28 heavy (non-hydrogen) atoms. The lowest BCUT2D eigenvalue weighted by molar-refractivity contribution is 0.0746. The molecule has 0 unspecified atom stereocenters. The summed E-state index contributed by atoms with van der Waals surface area (Å²) < 4.78 is 5.18. The second kappa shape index (κ2) is 8.04. The van der Waals surface area contributed by atoms with Crippen LogP contribution in [0.5, 0.6) is 5.75 Å². The van der Waals surface area contributed by atoms with Crippen molar-refractivity contribution in [1.29, 1.82) is 0 Å². The molecule has 1 aliphatic rings. The minimum Gasteiger partial charge on any atom is -0.497 e. The number of piperazine rings is 1. The smallest absolute Gasteiger partial charge is 0.255 e. The van der Waals surface area contributed by atoms with E-state index in [9.17, 15) is 4.79 Å². The van der Waals surface area contributed by atoms with Crippen molar-refractivity contribution in [3.63, 3.8) is 0 Å². The number of anilines is 1. The van der Waals surface area contributed by atoms with E-state index in [0.29, 0.717) is 18.7 Å². The Morgan fingerprint density at radius 1 is 0.964 bits per heavy atom. The molecule has 1 saturated heterocycles. The van der Waals surface area contributed by atoms with Gasteiger partial charge in [0.15, 0.2) is 5.82 Å². The topological polar surface area (TPSA) is 71.5 Å². The molecule has 0 N–H and O–H groups in total. The molecule has 0 saturated carbocycles. The summed E-state index contributed by atoms with van der Waals surface area (Å²) in [5, 5.41) is 8.74. The number of amides is 1. The van der Waals surface area contributed by atoms with Gasteiger partial charge in [-0.25, -0.2) is 0 Å². The zero-order valence-corrected chi connectivity index (χ0v) is 15.7. The number of rotatable bonds is 4. The van der Waals surface area contributed by atoms with Crippen LogP contribution >= 0.6 is 0 Å². The minimum atomic E-state index is 0.0219. The number of methoxy groups -OCH3 is 1. The van der Waals surface area contributed by atoms with E-state index >= 15 is 0 Å². The molecule has 2 aromatic heterocycles. The van der Waals surface area contributed by atoms with Crippen LogP contribution in [-0.2, 0) is 0 Å². The molecule has 142 valence electrons. The first-order valence-corrected chi connectivity index (χ1v) is 9.17. The average molecular weight is 375 g/mol. The molecule has 0 bridgehead atoms. The summed E-state index contributed by atoms with van der Waals surface area (Å²) >= 11 is 0. The van der Waals surface area contributed by atoms with E-state index in [4.69, 9.17) is 4.74 Å². The van der Waals surface area contributed by atoms with Gasteiger partial charge in [0.05, 0.1) is 18.4 Å². The van der Waals surface area contributed by atoms with E-state index in [2.05, 4.69) is 20.1 Å². The van der Waals surface area contributed by atoms with Crippen LogP contribution in [0.25, 0.3) is 11.3 Å². The Hall–Kier alpha value is -3.48. The van der Waals surface area contributed by atoms with Crippen molar-refractivity contribution in [1.82, 2.24) is 20.1 Å². The van der Waals surface area contributed by atoms with Gasteiger partial charge in [0.25, 0.3) is 5.91 Å². The molecule has 1 fully saturated rings. The van der Waals surface area contributed by atoms with Crippen LogP contribution in [0.3, 0.4) is 0 Å². The first-order chi connectivity index (χ1) is 13.7. The number of ether oxygens (including phenoxy) is 1. The fourth-order valence-corrected chi connectivity index (χ4v) is 3.22. The molecule has 0 radical (unpaired) electrons. The Bertz CT molecular complexity index is 921. The van der Waals surface area contributed by atoms with Crippen LogP contribution in [0.4, 0.5) is 5.82 Å². The minimum absolute atomic E-state index is 0.0219. The lowest BCUT2D eigenvalue weighted by Crippen LogP contribution is -2.49. The van der Waals surface area contributed by atoms with Gasteiger partial charge in [-0.3, -0.25) is 9.78 Å². The molecular weight excluding hydrogens is 354 g/mol. The lowest BCUT2D eigenvalue weighted by Gasteiger charge is -2.35. The molecule has 0 spiro atoms. The second-order valence-corrected chi connectivity index (χ2v) is 6.53. The summed E-state index contributed by atoms with van der Waals surface area (Å²) in [6.07, 6.45) is 3.28. The number of hydrogen-bond donors (Lipinski definition) is 0. The number of nitrogens with zero attached hydrogens (tertiary/aromatic N) is 5. The Balaban J connectivity index is 1.38. The molecule has 3 aromatic rings. The van der Waals surface area contributed by atoms with Crippen LogP contribution in [-0.4, -0.2) is 59.3 Å². The molecule has 1 amide bonds. The molecule has 3 heterocycles. The highest BCUT2D eigenvalue weighted by Crippen LogP contribution is 2.22. The van der Waals surface area contributed by atoms with E-state index in [1.807, 2.05) is 41.3 Å². The van der Waals surface area contributed by atoms with Gasteiger partial charge in [-0.1, -0.05) is 0 Å². The standard InChI is InChI=1S/C21H21N5O2/c1-28-18-6-4-16(5-7-18)19-8-9-20(24-23-19)25-11-13-26(14-12-25)21(27)17-3-2-10-22-15-17/h2-10,15H,11-14H2,1H3. The number of carbonyl (C=O) groups is 1. The summed E-state index contributed by atoms with van der Waals surface area (Å²) in [6.45, 7) is 2.75. The molecule has 0 atom stereocenters. The molecule has 7 heteroatoms. The summed E-state index contributed by atoms with van der Waals surface area (Å²) in [4.78, 5) is 20.5. The summed E-state index contributed by atoms with van der Waals surface area (Å²) in [6, 6.07) is 15.3. The first kappa shape index (κ1) is 17.9. The fourth-order valence-electron chi connectivity index (χ4n) is 3.22. The van der Waals surface area contributed by atoms with Crippen molar-refractivity contribution in [2.24, 2.45) is 0 Å². The zero-order chi connectivity index (χ0) is 19.3. The number of pyridine rings is 1. The van der Waals surface area contributed by atoms with Gasteiger partial charge < -0.3 is 14.5 Å². The monoisotopic (exact) mass is 375 g/mol. The number of aromatic nitrogens is 3. The van der Waals surface area contributed by atoms with E-state index in [0.717, 1.165) is 35.9 Å². The fraction of sp³-hybridized carbons (Fsp3) is 0.238. The maximum Gasteiger partial charge on any atom is 0.255 e. The van der Waals surface area contributed by atoms with Gasteiger partial charge in [0.2, 0.25) is 0 Å². The first-order valence-electron chi connectivity index (χ1n) is 9.17. The van der Waals surface area contributed by atoms with Crippen molar-refractivity contribution >= 4 is 11.7 Å². The third kappa shape index (κ3) is 3.78. The maximum atomic E-state index is 12.5. The second-order valence-electron chi connectivity index (χ2n) is 6.53. The van der Waals surface area contributed by atoms with Crippen molar-refractivity contribution in [3.05, 3.63) is 66.5 Å². The van der Waals surface area contributed by atoms with Crippen molar-refractivity contribution < 1.29 is 9.53 Å². The van der Waals surface area contributed by atoms with Crippen LogP contribution in [0.1, 0.15) is 10.4 Å². The highest BCUT2D eigenvalue weighted by molar-refractivity contribution is 5.94. The van der Waals surface area contributed by atoms with Gasteiger partial charge in [0, 0.05) is 44.1 Å². The van der Waals surface area contributed by atoms with Crippen LogP contribution < -0.4 is 9.64 Å². The molecule has 4 rings (SSSR count). The van der Waals surface area contributed by atoms with Gasteiger partial charge in [-0.15, -0.1) is 10.2 Å². The lowest BCUT2D eigenvalue weighted by atomic mass is 10.1. The quantitative estimate of drug-likeness (QED) is 0.698. The van der Waals surface area contributed by atoms with E-state index < -0.39 is 0 Å². The predicted molar refractivity (Wildman–Crippen MR) is 106 cm³/mol. The van der Waals surface area contributed by atoms with Gasteiger partial charge in [-0.2, -0.15) is 0 Å². The van der Waals surface area contributed by atoms with Crippen molar-refractivity contribution in [2.45, 2.75) is 0 Å². The maximum absolute atomic E-state index is 12.5. The van der Waals surface area contributed by atoms with E-state index in [1.54, 1.807) is 31.6 Å². The number of hydrogen-bond acceptors (Lipinski definition) is 6.